The van der Waals surface area contributed by atoms with Crippen molar-refractivity contribution in [2.24, 2.45) is 0 Å². The van der Waals surface area contributed by atoms with Gasteiger partial charge in [0.15, 0.2) is 16.6 Å². The Morgan fingerprint density at radius 2 is 1.84 bits per heavy atom. The number of nitrogens with zero attached hydrogens (tertiary/aromatic N) is 1. The highest BCUT2D eigenvalue weighted by atomic mass is 32.1. The van der Waals surface area contributed by atoms with Gasteiger partial charge >= 0.3 is 0 Å². The van der Waals surface area contributed by atoms with Crippen molar-refractivity contribution in [3.8, 4) is 28.4 Å². The van der Waals surface area contributed by atoms with E-state index in [0.29, 0.717) is 52.0 Å². The van der Waals surface area contributed by atoms with Crippen molar-refractivity contribution >= 4 is 39.9 Å². The molecule has 0 saturated carbocycles. The second kappa shape index (κ2) is 13.6. The van der Waals surface area contributed by atoms with Gasteiger partial charge in [-0.3, -0.25) is 19.2 Å². The molecular formula is C30H35N5O7S. The summed E-state index contributed by atoms with van der Waals surface area (Å²) in [6, 6.07) is 5.50. The lowest BCUT2D eigenvalue weighted by Gasteiger charge is -2.19. The molecule has 0 aliphatic heterocycles. The number of likely N-dealkylation sites (N-methyl/N-ethyl adjacent to an activating group) is 1. The summed E-state index contributed by atoms with van der Waals surface area (Å²) < 4.78 is 17.0. The summed E-state index contributed by atoms with van der Waals surface area (Å²) in [5, 5.41) is 13.3. The number of methoxy groups -OCH3 is 3. The first-order chi connectivity index (χ1) is 20.6. The fourth-order valence-electron chi connectivity index (χ4n) is 5.04. The summed E-state index contributed by atoms with van der Waals surface area (Å²) in [6.07, 6.45) is 1.21. The van der Waals surface area contributed by atoms with Crippen LogP contribution in [0.2, 0.25) is 0 Å². The maximum Gasteiger partial charge on any atom is 0.248 e. The Bertz CT molecular complexity index is 1610. The molecule has 228 valence electrons. The molecule has 0 radical (unpaired) electrons. The second-order valence-corrected chi connectivity index (χ2v) is 10.8. The molecule has 0 unspecified atom stereocenters. The van der Waals surface area contributed by atoms with Crippen LogP contribution in [0.25, 0.3) is 11.1 Å². The number of benzene rings is 1. The molecule has 0 saturated heterocycles. The normalized spacial score (nSPS) is 14.2. The summed E-state index contributed by atoms with van der Waals surface area (Å²) in [4.78, 5) is 54.6. The van der Waals surface area contributed by atoms with E-state index in [0.717, 1.165) is 11.1 Å². The first kappa shape index (κ1) is 31.3. The van der Waals surface area contributed by atoms with Gasteiger partial charge in [-0.15, -0.1) is 11.3 Å². The first-order valence-corrected chi connectivity index (χ1v) is 14.5. The van der Waals surface area contributed by atoms with Crippen LogP contribution in [0.3, 0.4) is 0 Å². The zero-order valence-corrected chi connectivity index (χ0v) is 25.7. The van der Waals surface area contributed by atoms with E-state index < -0.39 is 18.0 Å². The number of anilines is 2. The molecule has 1 aromatic heterocycles. The standard InChI is InChI=1S/C30H35N5O7S/c1-15(29(39)35-30-34-18(14-43-30)12-25(38)31-3)32-22-10-8-19-20(13-23(22)37)21(33-16(2)36)9-7-17-11-24(40-4)27(41-5)28(42-6)26(17)19/h8,10-11,13-15,21H,7,9,12H2,1-6H3,(H,31,38)(H,32,37)(H,33,36)(H,34,35,39)/t15-,21-/m0/s1. The van der Waals surface area contributed by atoms with Gasteiger partial charge in [0.05, 0.1) is 45.2 Å². The van der Waals surface area contributed by atoms with Gasteiger partial charge in [-0.2, -0.15) is 0 Å². The van der Waals surface area contributed by atoms with Gasteiger partial charge in [-0.25, -0.2) is 4.98 Å². The lowest BCUT2D eigenvalue weighted by Crippen LogP contribution is -2.33. The number of aromatic nitrogens is 1. The Kier molecular flexibility index (Phi) is 9.86. The second-order valence-electron chi connectivity index (χ2n) is 9.95. The largest absolute Gasteiger partial charge is 0.493 e. The third kappa shape index (κ3) is 6.88. The summed E-state index contributed by atoms with van der Waals surface area (Å²) in [7, 11) is 6.15. The fraction of sp³-hybridized carbons (Fsp3) is 0.367. The molecule has 2 aromatic carbocycles. The van der Waals surface area contributed by atoms with E-state index >= 15 is 0 Å². The Balaban J connectivity index is 1.72. The maximum atomic E-state index is 13.5. The Labute approximate surface area is 253 Å². The number of hydrogen-bond acceptors (Lipinski definition) is 10. The lowest BCUT2D eigenvalue weighted by molar-refractivity contribution is -0.120. The molecule has 0 bridgehead atoms. The highest BCUT2D eigenvalue weighted by molar-refractivity contribution is 7.14. The van der Waals surface area contributed by atoms with Crippen LogP contribution in [-0.2, 0) is 27.2 Å². The van der Waals surface area contributed by atoms with Gasteiger partial charge in [0, 0.05) is 24.9 Å². The minimum absolute atomic E-state index is 0.105. The van der Waals surface area contributed by atoms with E-state index in [2.05, 4.69) is 26.3 Å². The Morgan fingerprint density at radius 1 is 1.09 bits per heavy atom. The predicted molar refractivity (Wildman–Crippen MR) is 164 cm³/mol. The first-order valence-electron chi connectivity index (χ1n) is 13.6. The van der Waals surface area contributed by atoms with Crippen LogP contribution in [0.4, 0.5) is 10.8 Å². The van der Waals surface area contributed by atoms with Gasteiger partial charge < -0.3 is 35.5 Å². The number of amides is 3. The summed E-state index contributed by atoms with van der Waals surface area (Å²) in [5.41, 5.74) is 3.30. The minimum atomic E-state index is -0.807. The van der Waals surface area contributed by atoms with E-state index in [9.17, 15) is 19.2 Å². The van der Waals surface area contributed by atoms with Crippen LogP contribution < -0.4 is 40.9 Å². The number of aryl methyl sites for hydroxylation is 1. The highest BCUT2D eigenvalue weighted by Gasteiger charge is 2.29. The monoisotopic (exact) mass is 609 g/mol. The number of nitrogens with one attached hydrogen (secondary N) is 4. The van der Waals surface area contributed by atoms with E-state index in [1.165, 1.54) is 38.5 Å². The molecule has 1 aliphatic rings. The zero-order valence-electron chi connectivity index (χ0n) is 24.9. The van der Waals surface area contributed by atoms with Gasteiger partial charge in [0.2, 0.25) is 28.9 Å². The van der Waals surface area contributed by atoms with Crippen LogP contribution in [0.5, 0.6) is 17.2 Å². The van der Waals surface area contributed by atoms with Crippen LogP contribution in [0.15, 0.2) is 34.4 Å². The van der Waals surface area contributed by atoms with Crippen molar-refractivity contribution in [2.75, 3.05) is 39.0 Å². The average Bonchev–Trinajstić information content (AvgIpc) is 3.29. The number of fused-ring (bicyclic) bond motifs is 3. The molecule has 43 heavy (non-hydrogen) atoms. The van der Waals surface area contributed by atoms with Crippen molar-refractivity contribution in [3.05, 3.63) is 56.7 Å². The molecule has 4 N–H and O–H groups in total. The molecule has 1 heterocycles. The van der Waals surface area contributed by atoms with Crippen molar-refractivity contribution < 1.29 is 28.6 Å². The molecule has 0 spiro atoms. The van der Waals surface area contributed by atoms with Crippen molar-refractivity contribution in [1.82, 2.24) is 15.6 Å². The van der Waals surface area contributed by atoms with Crippen LogP contribution in [0.1, 0.15) is 43.1 Å². The van der Waals surface area contributed by atoms with Gasteiger partial charge in [0.1, 0.15) is 6.04 Å². The lowest BCUT2D eigenvalue weighted by atomic mass is 9.95. The van der Waals surface area contributed by atoms with Crippen LogP contribution >= 0.6 is 11.3 Å². The van der Waals surface area contributed by atoms with E-state index in [1.807, 2.05) is 6.07 Å². The molecular weight excluding hydrogens is 574 g/mol. The molecule has 2 atom stereocenters. The number of carbonyl (C=O) groups is 3. The smallest absolute Gasteiger partial charge is 0.248 e. The molecule has 0 fully saturated rings. The summed E-state index contributed by atoms with van der Waals surface area (Å²) in [6.45, 7) is 3.06. The SMILES string of the molecule is CNC(=O)Cc1csc(NC(=O)[C@H](C)Nc2ccc3c(cc2=O)[C@@H](NC(C)=O)CCc2cc(OC)c(OC)c(OC)c2-3)n1. The van der Waals surface area contributed by atoms with Gasteiger partial charge in [-0.1, -0.05) is 6.07 Å². The number of thiazole rings is 1. The minimum Gasteiger partial charge on any atom is -0.493 e. The molecule has 13 heteroatoms. The maximum absolute atomic E-state index is 13.5. The molecule has 12 nitrogen and oxygen atoms in total. The number of ether oxygens (including phenoxy) is 3. The highest BCUT2D eigenvalue weighted by Crippen LogP contribution is 2.50. The van der Waals surface area contributed by atoms with E-state index in [4.69, 9.17) is 14.2 Å². The van der Waals surface area contributed by atoms with Crippen LogP contribution in [0, 0.1) is 0 Å². The Morgan fingerprint density at radius 3 is 2.49 bits per heavy atom. The van der Waals surface area contributed by atoms with Gasteiger partial charge in [-0.05, 0) is 54.7 Å². The Hall–Kier alpha value is -4.65. The van der Waals surface area contributed by atoms with Crippen molar-refractivity contribution in [3.63, 3.8) is 0 Å². The van der Waals surface area contributed by atoms with Gasteiger partial charge in [0.25, 0.3) is 0 Å². The zero-order chi connectivity index (χ0) is 31.3. The topological polar surface area (TPSA) is 157 Å². The number of carbonyl (C=O) groups excluding carboxylic acids is 3. The average molecular weight is 610 g/mol. The number of hydrogen-bond donors (Lipinski definition) is 4. The third-order valence-electron chi connectivity index (χ3n) is 7.08. The van der Waals surface area contributed by atoms with Crippen LogP contribution in [-0.4, -0.2) is 57.1 Å². The van der Waals surface area contributed by atoms with E-state index in [1.54, 1.807) is 38.6 Å². The molecule has 1 aliphatic carbocycles. The predicted octanol–water partition coefficient (Wildman–Crippen LogP) is 3.05. The van der Waals surface area contributed by atoms with Crippen molar-refractivity contribution in [2.45, 2.75) is 45.2 Å². The number of rotatable bonds is 10. The quantitative estimate of drug-likeness (QED) is 0.271. The summed E-state index contributed by atoms with van der Waals surface area (Å²) in [5.74, 6) is 0.536. The summed E-state index contributed by atoms with van der Waals surface area (Å²) >= 11 is 1.20. The third-order valence-corrected chi connectivity index (χ3v) is 7.89. The molecule has 4 rings (SSSR count). The van der Waals surface area contributed by atoms with E-state index in [-0.39, 0.29) is 29.4 Å². The fourth-order valence-corrected chi connectivity index (χ4v) is 5.75. The van der Waals surface area contributed by atoms with Crippen molar-refractivity contribution in [1.29, 1.82) is 0 Å². The molecule has 3 amide bonds. The molecule has 3 aromatic rings.